The van der Waals surface area contributed by atoms with E-state index in [1.807, 2.05) is 6.20 Å². The van der Waals surface area contributed by atoms with Crippen molar-refractivity contribution in [2.75, 3.05) is 0 Å². The number of pyridine rings is 1. The van der Waals surface area contributed by atoms with Gasteiger partial charge in [-0.05, 0) is 60.1 Å². The molecule has 2 aromatic heterocycles. The summed E-state index contributed by atoms with van der Waals surface area (Å²) < 4.78 is 2.18. The summed E-state index contributed by atoms with van der Waals surface area (Å²) in [4.78, 5) is 4.94. The first-order valence-electron chi connectivity index (χ1n) is 12.4. The molecule has 0 spiro atoms. The van der Waals surface area contributed by atoms with Gasteiger partial charge in [-0.1, -0.05) is 71.4 Å². The Bertz CT molecular complexity index is 1210. The molecule has 2 heterocycles. The number of hydrogen-bond donors (Lipinski definition) is 1. The van der Waals surface area contributed by atoms with Gasteiger partial charge in [0.15, 0.2) is 0 Å². The number of hydrogen-bond acceptors (Lipinski definition) is 2. The molecule has 3 nitrogen and oxygen atoms in total. The summed E-state index contributed by atoms with van der Waals surface area (Å²) in [6.07, 6.45) is 7.22. The van der Waals surface area contributed by atoms with Crippen LogP contribution in [0.15, 0.2) is 60.9 Å². The zero-order chi connectivity index (χ0) is 23.5. The third-order valence-electron chi connectivity index (χ3n) is 6.74. The Kier molecular flexibility index (Phi) is 6.99. The minimum Gasteiger partial charge on any atom is -0.388 e. The molecule has 0 aliphatic carbocycles. The van der Waals surface area contributed by atoms with E-state index < -0.39 is 6.10 Å². The molecule has 3 heteroatoms. The highest BCUT2D eigenvalue weighted by atomic mass is 16.3. The van der Waals surface area contributed by atoms with Crippen LogP contribution in [0.3, 0.4) is 0 Å². The van der Waals surface area contributed by atoms with Crippen molar-refractivity contribution in [3.05, 3.63) is 83.2 Å². The molecule has 0 saturated heterocycles. The summed E-state index contributed by atoms with van der Waals surface area (Å²) in [5.41, 5.74) is 9.32. The lowest BCUT2D eigenvalue weighted by Gasteiger charge is -2.14. The maximum Gasteiger partial charge on any atom is 0.0810 e. The van der Waals surface area contributed by atoms with Crippen LogP contribution in [0.5, 0.6) is 0 Å². The quantitative estimate of drug-likeness (QED) is 0.304. The van der Waals surface area contributed by atoms with Gasteiger partial charge in [0.05, 0.1) is 23.5 Å². The standard InChI is InChI=1S/C30H36N2O/c1-6-10-29(33)26-19-32(24-15-13-23(14-16-24)20(4)5)28-18-31-27(17-25(26)28)30-21(7-2)11-9-12-22(30)8-3/h9,11-20,29,33H,6-8,10H2,1-5H3. The van der Waals surface area contributed by atoms with E-state index in [4.69, 9.17) is 4.98 Å². The average molecular weight is 441 g/mol. The van der Waals surface area contributed by atoms with Crippen LogP contribution in [-0.4, -0.2) is 14.7 Å². The third-order valence-corrected chi connectivity index (χ3v) is 6.74. The lowest BCUT2D eigenvalue weighted by atomic mass is 9.94. The van der Waals surface area contributed by atoms with Gasteiger partial charge in [0, 0.05) is 28.4 Å². The van der Waals surface area contributed by atoms with E-state index in [0.29, 0.717) is 5.92 Å². The first-order chi connectivity index (χ1) is 16.0. The molecule has 0 aliphatic heterocycles. The number of aliphatic hydroxyl groups excluding tert-OH is 1. The van der Waals surface area contributed by atoms with Crippen molar-refractivity contribution in [1.82, 2.24) is 9.55 Å². The van der Waals surface area contributed by atoms with Crippen LogP contribution in [0.2, 0.25) is 0 Å². The summed E-state index contributed by atoms with van der Waals surface area (Å²) in [6, 6.07) is 17.5. The molecule has 4 rings (SSSR count). The Balaban J connectivity index is 1.92. The molecule has 0 bridgehead atoms. The maximum atomic E-state index is 11.0. The molecule has 1 N–H and O–H groups in total. The first-order valence-corrected chi connectivity index (χ1v) is 12.4. The fraction of sp³-hybridized carbons (Fsp3) is 0.367. The molecular formula is C30H36N2O. The highest BCUT2D eigenvalue weighted by Crippen LogP contribution is 2.35. The Hall–Kier alpha value is -2.91. The van der Waals surface area contributed by atoms with Gasteiger partial charge in [-0.15, -0.1) is 0 Å². The summed E-state index contributed by atoms with van der Waals surface area (Å²) in [6.45, 7) is 10.9. The second-order valence-corrected chi connectivity index (χ2v) is 9.25. The van der Waals surface area contributed by atoms with Crippen molar-refractivity contribution >= 4 is 10.9 Å². The SMILES string of the molecule is CCCC(O)c1cn(-c2ccc(C(C)C)cc2)c2cnc(-c3c(CC)cccc3CC)cc12. The minimum atomic E-state index is -0.490. The lowest BCUT2D eigenvalue weighted by Crippen LogP contribution is -1.98. The minimum absolute atomic E-state index is 0.490. The van der Waals surface area contributed by atoms with E-state index in [-0.39, 0.29) is 0 Å². The summed E-state index contributed by atoms with van der Waals surface area (Å²) >= 11 is 0. The normalized spacial score (nSPS) is 12.6. The highest BCUT2D eigenvalue weighted by Gasteiger charge is 2.19. The van der Waals surface area contributed by atoms with Crippen LogP contribution >= 0.6 is 0 Å². The molecule has 172 valence electrons. The van der Waals surface area contributed by atoms with E-state index in [0.717, 1.165) is 53.5 Å². The van der Waals surface area contributed by atoms with Gasteiger partial charge in [-0.3, -0.25) is 4.98 Å². The summed E-state index contributed by atoms with van der Waals surface area (Å²) in [5, 5.41) is 12.1. The molecule has 2 aromatic carbocycles. The fourth-order valence-electron chi connectivity index (χ4n) is 4.79. The maximum absolute atomic E-state index is 11.0. The Labute approximate surface area is 198 Å². The van der Waals surface area contributed by atoms with Crippen molar-refractivity contribution < 1.29 is 5.11 Å². The van der Waals surface area contributed by atoms with Crippen LogP contribution in [0, 0.1) is 0 Å². The lowest BCUT2D eigenvalue weighted by molar-refractivity contribution is 0.168. The van der Waals surface area contributed by atoms with E-state index >= 15 is 0 Å². The van der Waals surface area contributed by atoms with Gasteiger partial charge in [0.2, 0.25) is 0 Å². The summed E-state index contributed by atoms with van der Waals surface area (Å²) in [5.74, 6) is 0.498. The van der Waals surface area contributed by atoms with Crippen molar-refractivity contribution in [2.24, 2.45) is 0 Å². The highest BCUT2D eigenvalue weighted by molar-refractivity contribution is 5.89. The van der Waals surface area contributed by atoms with Crippen LogP contribution in [0.1, 0.15) is 81.7 Å². The van der Waals surface area contributed by atoms with Crippen molar-refractivity contribution in [3.63, 3.8) is 0 Å². The molecule has 4 aromatic rings. The van der Waals surface area contributed by atoms with Crippen molar-refractivity contribution in [3.8, 4) is 16.9 Å². The average Bonchev–Trinajstić information content (AvgIpc) is 3.22. The van der Waals surface area contributed by atoms with Gasteiger partial charge < -0.3 is 9.67 Å². The molecule has 0 radical (unpaired) electrons. The molecule has 0 fully saturated rings. The van der Waals surface area contributed by atoms with Crippen molar-refractivity contribution in [2.45, 2.75) is 72.3 Å². The largest absolute Gasteiger partial charge is 0.388 e. The van der Waals surface area contributed by atoms with E-state index in [2.05, 4.69) is 93.9 Å². The monoisotopic (exact) mass is 440 g/mol. The summed E-state index contributed by atoms with van der Waals surface area (Å²) in [7, 11) is 0. The van der Waals surface area contributed by atoms with E-state index in [9.17, 15) is 5.11 Å². The molecule has 1 atom stereocenters. The van der Waals surface area contributed by atoms with E-state index in [1.165, 1.54) is 22.3 Å². The molecule has 0 saturated carbocycles. The Morgan fingerprint density at radius 1 is 0.939 bits per heavy atom. The predicted molar refractivity (Wildman–Crippen MR) is 139 cm³/mol. The van der Waals surface area contributed by atoms with Crippen LogP contribution in [0.4, 0.5) is 0 Å². The third kappa shape index (κ3) is 4.47. The Morgan fingerprint density at radius 2 is 1.61 bits per heavy atom. The smallest absolute Gasteiger partial charge is 0.0810 e. The van der Waals surface area contributed by atoms with Gasteiger partial charge in [-0.25, -0.2) is 0 Å². The first kappa shape index (κ1) is 23.3. The van der Waals surface area contributed by atoms with E-state index in [1.54, 1.807) is 0 Å². The number of aryl methyl sites for hydroxylation is 2. The van der Waals surface area contributed by atoms with Crippen LogP contribution < -0.4 is 0 Å². The van der Waals surface area contributed by atoms with Gasteiger partial charge >= 0.3 is 0 Å². The van der Waals surface area contributed by atoms with Gasteiger partial charge in [-0.2, -0.15) is 0 Å². The zero-order valence-electron chi connectivity index (χ0n) is 20.6. The number of benzene rings is 2. The molecule has 1 unspecified atom stereocenters. The number of fused-ring (bicyclic) bond motifs is 1. The van der Waals surface area contributed by atoms with Gasteiger partial charge in [0.25, 0.3) is 0 Å². The van der Waals surface area contributed by atoms with Crippen LogP contribution in [0.25, 0.3) is 27.8 Å². The fourth-order valence-corrected chi connectivity index (χ4v) is 4.79. The second-order valence-electron chi connectivity index (χ2n) is 9.25. The molecule has 33 heavy (non-hydrogen) atoms. The second kappa shape index (κ2) is 9.93. The predicted octanol–water partition coefficient (Wildman–Crippen LogP) is 7.77. The van der Waals surface area contributed by atoms with Crippen molar-refractivity contribution in [1.29, 1.82) is 0 Å². The van der Waals surface area contributed by atoms with Gasteiger partial charge in [0.1, 0.15) is 0 Å². The molecule has 0 aliphatic rings. The zero-order valence-corrected chi connectivity index (χ0v) is 20.6. The van der Waals surface area contributed by atoms with Crippen LogP contribution in [-0.2, 0) is 12.8 Å². The number of rotatable bonds is 8. The molecular weight excluding hydrogens is 404 g/mol. The molecule has 0 amide bonds. The Morgan fingerprint density at radius 3 is 2.18 bits per heavy atom. The number of nitrogens with zero attached hydrogens (tertiary/aromatic N) is 2. The topological polar surface area (TPSA) is 38.0 Å². The number of aliphatic hydroxyl groups is 1. The number of aromatic nitrogens is 2.